The molecule has 0 spiro atoms. The second kappa shape index (κ2) is 9.61. The Morgan fingerprint density at radius 1 is 1.13 bits per heavy atom. The average Bonchev–Trinajstić information content (AvgIpc) is 3.27. The first-order valence-corrected chi connectivity index (χ1v) is 10.9. The number of aromatic nitrogens is 1. The third-order valence-electron chi connectivity index (χ3n) is 5.05. The van der Waals surface area contributed by atoms with E-state index in [1.165, 1.54) is 10.4 Å². The molecular weight excluding hydrogens is 414 g/mol. The number of thiophene rings is 1. The number of rotatable bonds is 7. The second-order valence-corrected chi connectivity index (χ2v) is 8.12. The number of carbonyl (C=O) groups excluding carboxylic acids is 2. The van der Waals surface area contributed by atoms with Crippen LogP contribution in [-0.2, 0) is 22.6 Å². The van der Waals surface area contributed by atoms with E-state index >= 15 is 0 Å². The lowest BCUT2D eigenvalue weighted by molar-refractivity contribution is -0.133. The summed E-state index contributed by atoms with van der Waals surface area (Å²) in [5.41, 5.74) is 1.67. The van der Waals surface area contributed by atoms with Gasteiger partial charge in [0.1, 0.15) is 17.2 Å². The van der Waals surface area contributed by atoms with E-state index < -0.39 is 0 Å². The van der Waals surface area contributed by atoms with E-state index in [-0.39, 0.29) is 30.5 Å². The summed E-state index contributed by atoms with van der Waals surface area (Å²) in [6, 6.07) is 12.6. The van der Waals surface area contributed by atoms with E-state index in [1.54, 1.807) is 61.0 Å². The van der Waals surface area contributed by atoms with E-state index in [1.807, 2.05) is 4.90 Å². The zero-order chi connectivity index (χ0) is 21.6. The summed E-state index contributed by atoms with van der Waals surface area (Å²) < 4.78 is 10.9. The van der Waals surface area contributed by atoms with Crippen LogP contribution < -0.4 is 14.8 Å². The molecule has 0 atom stereocenters. The fourth-order valence-corrected chi connectivity index (χ4v) is 4.26. The minimum atomic E-state index is -0.255. The standard InChI is InChI=1S/C23H23N3O4S/c1-29-17-4-6-18(7-5-17)30-23-19(3-2-12-24-23)25-21(27)8-9-22(28)26-13-10-20-16(15-26)11-14-31-20/h2-7,11-12,14H,8-10,13,15H2,1H3,(H,25,27). The monoisotopic (exact) mass is 437 g/mol. The van der Waals surface area contributed by atoms with Gasteiger partial charge in [-0.05, 0) is 59.8 Å². The number of carbonyl (C=O) groups is 2. The fraction of sp³-hybridized carbons (Fsp3) is 0.261. The van der Waals surface area contributed by atoms with Crippen molar-refractivity contribution >= 4 is 28.8 Å². The lowest BCUT2D eigenvalue weighted by Gasteiger charge is -2.27. The predicted molar refractivity (Wildman–Crippen MR) is 119 cm³/mol. The van der Waals surface area contributed by atoms with Crippen LogP contribution in [0.3, 0.4) is 0 Å². The molecule has 31 heavy (non-hydrogen) atoms. The van der Waals surface area contributed by atoms with Crippen LogP contribution in [0.2, 0.25) is 0 Å². The van der Waals surface area contributed by atoms with Crippen LogP contribution in [0.5, 0.6) is 17.4 Å². The Morgan fingerprint density at radius 3 is 2.74 bits per heavy atom. The van der Waals surface area contributed by atoms with Crippen molar-refractivity contribution in [2.45, 2.75) is 25.8 Å². The number of fused-ring (bicyclic) bond motifs is 1. The predicted octanol–water partition coefficient (Wildman–Crippen LogP) is 4.25. The van der Waals surface area contributed by atoms with Gasteiger partial charge >= 0.3 is 0 Å². The molecule has 1 aliphatic rings. The first-order chi connectivity index (χ1) is 15.1. The minimum absolute atomic E-state index is 0.00658. The van der Waals surface area contributed by atoms with E-state index in [9.17, 15) is 9.59 Å². The van der Waals surface area contributed by atoms with Crippen molar-refractivity contribution in [3.8, 4) is 17.4 Å². The lowest BCUT2D eigenvalue weighted by atomic mass is 10.1. The Morgan fingerprint density at radius 2 is 1.94 bits per heavy atom. The molecule has 1 aromatic carbocycles. The molecule has 1 aliphatic heterocycles. The SMILES string of the molecule is COc1ccc(Oc2ncccc2NC(=O)CCC(=O)N2CCc3sccc3C2)cc1. The van der Waals surface area contributed by atoms with Gasteiger partial charge in [-0.1, -0.05) is 0 Å². The van der Waals surface area contributed by atoms with Gasteiger partial charge in [-0.15, -0.1) is 11.3 Å². The van der Waals surface area contributed by atoms with Crippen LogP contribution in [0.1, 0.15) is 23.3 Å². The highest BCUT2D eigenvalue weighted by Gasteiger charge is 2.22. The highest BCUT2D eigenvalue weighted by molar-refractivity contribution is 7.10. The van der Waals surface area contributed by atoms with Crippen LogP contribution in [0.15, 0.2) is 54.0 Å². The van der Waals surface area contributed by atoms with E-state index in [4.69, 9.17) is 9.47 Å². The number of anilines is 1. The molecule has 1 N–H and O–H groups in total. The molecule has 3 aromatic rings. The Kier molecular flexibility index (Phi) is 6.47. The number of ether oxygens (including phenoxy) is 2. The summed E-state index contributed by atoms with van der Waals surface area (Å²) in [6.07, 6.45) is 2.74. The molecule has 0 saturated carbocycles. The van der Waals surface area contributed by atoms with Crippen molar-refractivity contribution in [1.29, 1.82) is 0 Å². The largest absolute Gasteiger partial charge is 0.497 e. The highest BCUT2D eigenvalue weighted by Crippen LogP contribution is 2.28. The summed E-state index contributed by atoms with van der Waals surface area (Å²) in [4.78, 5) is 32.4. The number of pyridine rings is 1. The molecule has 0 aliphatic carbocycles. The maximum atomic E-state index is 12.5. The molecule has 0 fully saturated rings. The average molecular weight is 438 g/mol. The van der Waals surface area contributed by atoms with Crippen molar-refractivity contribution in [2.75, 3.05) is 19.0 Å². The molecule has 0 unspecified atom stereocenters. The maximum absolute atomic E-state index is 12.5. The molecule has 8 heteroatoms. The number of hydrogen-bond donors (Lipinski definition) is 1. The van der Waals surface area contributed by atoms with E-state index in [0.717, 1.165) is 12.2 Å². The van der Waals surface area contributed by atoms with Crippen LogP contribution >= 0.6 is 11.3 Å². The van der Waals surface area contributed by atoms with Gasteiger partial charge in [-0.3, -0.25) is 9.59 Å². The number of hydrogen-bond acceptors (Lipinski definition) is 6. The zero-order valence-electron chi connectivity index (χ0n) is 17.2. The molecule has 0 saturated heterocycles. The fourth-order valence-electron chi connectivity index (χ4n) is 3.38. The summed E-state index contributed by atoms with van der Waals surface area (Å²) in [7, 11) is 1.59. The quantitative estimate of drug-likeness (QED) is 0.598. The molecule has 2 amide bonds. The number of nitrogens with one attached hydrogen (secondary N) is 1. The van der Waals surface area contributed by atoms with Crippen molar-refractivity contribution in [3.05, 3.63) is 64.5 Å². The first kappa shape index (κ1) is 20.9. The number of benzene rings is 1. The number of nitrogens with zero attached hydrogens (tertiary/aromatic N) is 2. The van der Waals surface area contributed by atoms with Gasteiger partial charge in [-0.2, -0.15) is 0 Å². The smallest absolute Gasteiger partial charge is 0.243 e. The molecule has 4 rings (SSSR count). The van der Waals surface area contributed by atoms with Gasteiger partial charge < -0.3 is 19.7 Å². The molecule has 7 nitrogen and oxygen atoms in total. The molecule has 3 heterocycles. The van der Waals surface area contributed by atoms with Crippen molar-refractivity contribution in [1.82, 2.24) is 9.88 Å². The zero-order valence-corrected chi connectivity index (χ0v) is 18.0. The molecule has 2 aromatic heterocycles. The summed E-state index contributed by atoms with van der Waals surface area (Å²) >= 11 is 1.74. The summed E-state index contributed by atoms with van der Waals surface area (Å²) in [5.74, 6) is 1.31. The van der Waals surface area contributed by atoms with Gasteiger partial charge in [0.05, 0.1) is 7.11 Å². The normalized spacial score (nSPS) is 12.7. The van der Waals surface area contributed by atoms with Gasteiger partial charge in [0, 0.05) is 37.0 Å². The Balaban J connectivity index is 1.32. The highest BCUT2D eigenvalue weighted by atomic mass is 32.1. The first-order valence-electron chi connectivity index (χ1n) is 10.0. The maximum Gasteiger partial charge on any atom is 0.243 e. The van der Waals surface area contributed by atoms with E-state index in [0.29, 0.717) is 24.5 Å². The Bertz CT molecular complexity index is 1060. The molecule has 160 valence electrons. The van der Waals surface area contributed by atoms with Gasteiger partial charge in [0.25, 0.3) is 0 Å². The van der Waals surface area contributed by atoms with Crippen molar-refractivity contribution in [2.24, 2.45) is 0 Å². The minimum Gasteiger partial charge on any atom is -0.497 e. The number of amides is 2. The Labute approximate surface area is 184 Å². The van der Waals surface area contributed by atoms with Gasteiger partial charge in [-0.25, -0.2) is 4.98 Å². The third-order valence-corrected chi connectivity index (χ3v) is 6.07. The van der Waals surface area contributed by atoms with Crippen LogP contribution in [0, 0.1) is 0 Å². The second-order valence-electron chi connectivity index (χ2n) is 7.12. The third kappa shape index (κ3) is 5.21. The summed E-state index contributed by atoms with van der Waals surface area (Å²) in [6.45, 7) is 1.33. The molecular formula is C23H23N3O4S. The van der Waals surface area contributed by atoms with Crippen LogP contribution in [0.25, 0.3) is 0 Å². The van der Waals surface area contributed by atoms with Crippen LogP contribution in [0.4, 0.5) is 5.69 Å². The number of methoxy groups -OCH3 is 1. The molecule has 0 radical (unpaired) electrons. The van der Waals surface area contributed by atoms with Crippen LogP contribution in [-0.4, -0.2) is 35.4 Å². The van der Waals surface area contributed by atoms with Gasteiger partial charge in [0.2, 0.25) is 17.7 Å². The lowest BCUT2D eigenvalue weighted by Crippen LogP contribution is -2.35. The van der Waals surface area contributed by atoms with Crippen molar-refractivity contribution < 1.29 is 19.1 Å². The summed E-state index contributed by atoms with van der Waals surface area (Å²) in [5, 5.41) is 4.86. The Hall–Kier alpha value is -3.39. The topological polar surface area (TPSA) is 80.8 Å². The van der Waals surface area contributed by atoms with Gasteiger partial charge in [0.15, 0.2) is 0 Å². The van der Waals surface area contributed by atoms with E-state index in [2.05, 4.69) is 21.7 Å². The van der Waals surface area contributed by atoms with Crippen molar-refractivity contribution in [3.63, 3.8) is 0 Å². The molecule has 0 bridgehead atoms.